The average molecular weight is 387 g/mol. The lowest BCUT2D eigenvalue weighted by atomic mass is 9.83. The Labute approximate surface area is 164 Å². The molecule has 1 aromatic carbocycles. The third-order valence-electron chi connectivity index (χ3n) is 4.96. The van der Waals surface area contributed by atoms with Crippen LogP contribution in [0.5, 0.6) is 5.75 Å². The van der Waals surface area contributed by atoms with E-state index in [0.717, 1.165) is 25.0 Å². The monoisotopic (exact) mass is 387 g/mol. The van der Waals surface area contributed by atoms with Gasteiger partial charge in [0, 0.05) is 25.6 Å². The Kier molecular flexibility index (Phi) is 6.36. The summed E-state index contributed by atoms with van der Waals surface area (Å²) in [6.07, 6.45) is 5.47. The van der Waals surface area contributed by atoms with E-state index in [0.29, 0.717) is 23.4 Å². The molecule has 7 nitrogen and oxygen atoms in total. The minimum absolute atomic E-state index is 0.0582. The van der Waals surface area contributed by atoms with E-state index < -0.39 is 17.9 Å². The lowest BCUT2D eigenvalue weighted by molar-refractivity contribution is -0.137. The summed E-state index contributed by atoms with van der Waals surface area (Å²) in [5.74, 6) is -0.890. The van der Waals surface area contributed by atoms with E-state index in [1.54, 1.807) is 31.6 Å². The molecule has 0 saturated carbocycles. The van der Waals surface area contributed by atoms with Crippen LogP contribution in [-0.4, -0.2) is 57.4 Å². The molecule has 150 valence electrons. The molecule has 0 amide bonds. The van der Waals surface area contributed by atoms with Gasteiger partial charge in [-0.05, 0) is 30.5 Å². The van der Waals surface area contributed by atoms with Gasteiger partial charge in [0.2, 0.25) is 0 Å². The number of carbonyl (C=O) groups excluding carboxylic acids is 2. The summed E-state index contributed by atoms with van der Waals surface area (Å²) >= 11 is 0. The molecule has 2 heterocycles. The zero-order valence-electron chi connectivity index (χ0n) is 16.3. The fraction of sp³-hybridized carbons (Fsp3) is 0.429. The average Bonchev–Trinajstić information content (AvgIpc) is 3.25. The van der Waals surface area contributed by atoms with E-state index >= 15 is 0 Å². The van der Waals surface area contributed by atoms with Crippen LogP contribution in [0.25, 0.3) is 0 Å². The third kappa shape index (κ3) is 4.20. The van der Waals surface area contributed by atoms with Gasteiger partial charge in [0.1, 0.15) is 5.75 Å². The number of hydrogen-bond acceptors (Lipinski definition) is 7. The maximum absolute atomic E-state index is 12.6. The van der Waals surface area contributed by atoms with Crippen molar-refractivity contribution in [2.45, 2.75) is 24.9 Å². The van der Waals surface area contributed by atoms with Crippen molar-refractivity contribution in [1.82, 2.24) is 4.90 Å². The minimum atomic E-state index is -0.591. The van der Waals surface area contributed by atoms with Crippen molar-refractivity contribution in [2.75, 3.05) is 34.5 Å². The third-order valence-corrected chi connectivity index (χ3v) is 4.96. The fourth-order valence-corrected chi connectivity index (χ4v) is 3.57. The molecule has 0 N–H and O–H groups in total. The molecular weight excluding hydrogens is 362 g/mol. The molecule has 2 aliphatic rings. The van der Waals surface area contributed by atoms with Gasteiger partial charge in [-0.25, -0.2) is 9.59 Å². The van der Waals surface area contributed by atoms with E-state index in [2.05, 4.69) is 0 Å². The number of ether oxygens (including phenoxy) is 4. The topological polar surface area (TPSA) is 74.3 Å². The first-order valence-electron chi connectivity index (χ1n) is 9.18. The van der Waals surface area contributed by atoms with Crippen LogP contribution in [0.3, 0.4) is 0 Å². The molecule has 7 heteroatoms. The number of nitrogens with zero attached hydrogens (tertiary/aromatic N) is 1. The number of rotatable bonds is 6. The standard InChI is InChI=1S/C21H25NO6/c1-25-15-8-6-14(7-9-15)19-17(20(23)26-2)12-22(11-16-5-4-10-28-16)13-18(19)21(24)27-3/h6-9,12-13,16,19H,4-5,10-11H2,1-3H3. The van der Waals surface area contributed by atoms with Gasteiger partial charge in [-0.1, -0.05) is 12.1 Å². The van der Waals surface area contributed by atoms with Gasteiger partial charge in [0.25, 0.3) is 0 Å². The summed E-state index contributed by atoms with van der Waals surface area (Å²) in [6.45, 7) is 1.28. The zero-order valence-corrected chi connectivity index (χ0v) is 16.3. The predicted octanol–water partition coefficient (Wildman–Crippen LogP) is 2.39. The highest BCUT2D eigenvalue weighted by Gasteiger charge is 2.35. The lowest BCUT2D eigenvalue weighted by Gasteiger charge is -2.31. The zero-order chi connectivity index (χ0) is 20.1. The van der Waals surface area contributed by atoms with Crippen LogP contribution in [0, 0.1) is 0 Å². The SMILES string of the molecule is COC(=O)C1=CN(CC2CCCO2)C=C(C(=O)OC)C1c1ccc(OC)cc1. The van der Waals surface area contributed by atoms with E-state index in [1.165, 1.54) is 14.2 Å². The van der Waals surface area contributed by atoms with Crippen LogP contribution >= 0.6 is 0 Å². The summed E-state index contributed by atoms with van der Waals surface area (Å²) in [5, 5.41) is 0. The molecule has 0 bridgehead atoms. The smallest absolute Gasteiger partial charge is 0.336 e. The Morgan fingerprint density at radius 1 is 1.04 bits per heavy atom. The maximum Gasteiger partial charge on any atom is 0.336 e. The van der Waals surface area contributed by atoms with Crippen LogP contribution in [-0.2, 0) is 23.8 Å². The molecule has 1 atom stereocenters. The van der Waals surface area contributed by atoms with Gasteiger partial charge in [0.05, 0.1) is 44.5 Å². The Hall–Kier alpha value is -2.80. The number of esters is 2. The highest BCUT2D eigenvalue weighted by atomic mass is 16.5. The summed E-state index contributed by atoms with van der Waals surface area (Å²) < 4.78 is 20.9. The van der Waals surface area contributed by atoms with Crippen LogP contribution in [0.4, 0.5) is 0 Å². The van der Waals surface area contributed by atoms with E-state index in [9.17, 15) is 9.59 Å². The molecule has 1 unspecified atom stereocenters. The van der Waals surface area contributed by atoms with Crippen molar-refractivity contribution in [2.24, 2.45) is 0 Å². The molecule has 1 aromatic rings. The summed E-state index contributed by atoms with van der Waals surface area (Å²) in [6, 6.07) is 7.23. The Morgan fingerprint density at radius 2 is 1.64 bits per heavy atom. The Balaban J connectivity index is 2.00. The minimum Gasteiger partial charge on any atom is -0.497 e. The van der Waals surface area contributed by atoms with E-state index in [-0.39, 0.29) is 6.10 Å². The van der Waals surface area contributed by atoms with Crippen LogP contribution in [0.1, 0.15) is 24.3 Å². The number of benzene rings is 1. The van der Waals surface area contributed by atoms with E-state index in [4.69, 9.17) is 18.9 Å². The lowest BCUT2D eigenvalue weighted by Crippen LogP contribution is -2.32. The first-order chi connectivity index (χ1) is 13.6. The molecule has 0 aromatic heterocycles. The summed E-state index contributed by atoms with van der Waals surface area (Å²) in [5.41, 5.74) is 1.51. The molecule has 2 aliphatic heterocycles. The molecule has 1 saturated heterocycles. The van der Waals surface area contributed by atoms with Gasteiger partial charge in [0.15, 0.2) is 0 Å². The highest BCUT2D eigenvalue weighted by Crippen LogP contribution is 2.37. The molecule has 0 radical (unpaired) electrons. The van der Waals surface area contributed by atoms with Gasteiger partial charge in [-0.3, -0.25) is 0 Å². The van der Waals surface area contributed by atoms with Gasteiger partial charge in [-0.15, -0.1) is 0 Å². The first-order valence-corrected chi connectivity index (χ1v) is 9.18. The van der Waals surface area contributed by atoms with Gasteiger partial charge in [-0.2, -0.15) is 0 Å². The van der Waals surface area contributed by atoms with Crippen molar-refractivity contribution in [1.29, 1.82) is 0 Å². The molecular formula is C21H25NO6. The maximum atomic E-state index is 12.6. The van der Waals surface area contributed by atoms with Crippen molar-refractivity contribution in [3.8, 4) is 5.75 Å². The predicted molar refractivity (Wildman–Crippen MR) is 102 cm³/mol. The van der Waals surface area contributed by atoms with Gasteiger partial charge >= 0.3 is 11.9 Å². The summed E-state index contributed by atoms with van der Waals surface area (Å²) in [4.78, 5) is 26.9. The first kappa shape index (κ1) is 19.9. The van der Waals surface area contributed by atoms with Crippen LogP contribution in [0.2, 0.25) is 0 Å². The normalized spacial score (nSPS) is 19.7. The highest BCUT2D eigenvalue weighted by molar-refractivity contribution is 5.98. The van der Waals surface area contributed by atoms with E-state index in [1.807, 2.05) is 17.0 Å². The van der Waals surface area contributed by atoms with Crippen LogP contribution in [0.15, 0.2) is 47.8 Å². The second kappa shape index (κ2) is 8.93. The number of hydrogen-bond donors (Lipinski definition) is 0. The number of carbonyl (C=O) groups is 2. The quantitative estimate of drug-likeness (QED) is 0.694. The Morgan fingerprint density at radius 3 is 2.11 bits per heavy atom. The van der Waals surface area contributed by atoms with Crippen molar-refractivity contribution in [3.63, 3.8) is 0 Å². The van der Waals surface area contributed by atoms with Crippen molar-refractivity contribution >= 4 is 11.9 Å². The second-order valence-electron chi connectivity index (χ2n) is 6.69. The molecule has 1 fully saturated rings. The fourth-order valence-electron chi connectivity index (χ4n) is 3.57. The Bertz CT molecular complexity index is 743. The van der Waals surface area contributed by atoms with Crippen LogP contribution < -0.4 is 4.74 Å². The molecule has 0 aliphatic carbocycles. The van der Waals surface area contributed by atoms with Crippen molar-refractivity contribution in [3.05, 3.63) is 53.4 Å². The van der Waals surface area contributed by atoms with Crippen molar-refractivity contribution < 1.29 is 28.5 Å². The largest absolute Gasteiger partial charge is 0.497 e. The number of methoxy groups -OCH3 is 3. The van der Waals surface area contributed by atoms with Gasteiger partial charge < -0.3 is 23.8 Å². The molecule has 3 rings (SSSR count). The molecule has 0 spiro atoms. The second-order valence-corrected chi connectivity index (χ2v) is 6.69. The summed E-state index contributed by atoms with van der Waals surface area (Å²) in [7, 11) is 4.24. The molecule has 28 heavy (non-hydrogen) atoms.